The summed E-state index contributed by atoms with van der Waals surface area (Å²) in [5.41, 5.74) is -0.540. The molecule has 2 aliphatic rings. The van der Waals surface area contributed by atoms with E-state index in [1.807, 2.05) is 0 Å². The lowest BCUT2D eigenvalue weighted by Crippen LogP contribution is -2.43. The van der Waals surface area contributed by atoms with Crippen molar-refractivity contribution in [3.8, 4) is 0 Å². The van der Waals surface area contributed by atoms with Crippen LogP contribution in [-0.2, 0) is 24.3 Å². The van der Waals surface area contributed by atoms with Crippen molar-refractivity contribution in [3.05, 3.63) is 34.4 Å². The lowest BCUT2D eigenvalue weighted by Gasteiger charge is -2.26. The fourth-order valence-electron chi connectivity index (χ4n) is 3.11. The van der Waals surface area contributed by atoms with Gasteiger partial charge in [-0.2, -0.15) is 4.31 Å². The van der Waals surface area contributed by atoms with Crippen LogP contribution in [0.4, 0.5) is 5.69 Å². The van der Waals surface area contributed by atoms with Crippen LogP contribution in [0.5, 0.6) is 0 Å². The molecule has 0 spiro atoms. The molecule has 0 aromatic heterocycles. The van der Waals surface area contributed by atoms with Crippen molar-refractivity contribution in [3.63, 3.8) is 0 Å². The van der Waals surface area contributed by atoms with Crippen molar-refractivity contribution in [2.24, 2.45) is 0 Å². The average molecular weight is 356 g/mol. The van der Waals surface area contributed by atoms with Gasteiger partial charge in [0.1, 0.15) is 24.5 Å². The Balaban J connectivity index is 2.00. The number of benzene rings is 1. The molecule has 0 N–H and O–H groups in total. The summed E-state index contributed by atoms with van der Waals surface area (Å²) in [4.78, 5) is 21.4. The smallest absolute Gasteiger partial charge is 0.289 e. The van der Waals surface area contributed by atoms with Gasteiger partial charge in [-0.1, -0.05) is 12.1 Å². The van der Waals surface area contributed by atoms with Gasteiger partial charge in [-0.25, -0.2) is 8.42 Å². The molecule has 0 bridgehead atoms. The molecule has 0 saturated carbocycles. The Morgan fingerprint density at radius 2 is 2.00 bits per heavy atom. The summed E-state index contributed by atoms with van der Waals surface area (Å²) in [5, 5.41) is 11.1. The van der Waals surface area contributed by atoms with Gasteiger partial charge in [-0.05, 0) is 19.9 Å². The van der Waals surface area contributed by atoms with Crippen molar-refractivity contribution in [2.75, 3.05) is 6.54 Å². The number of nitrogens with zero attached hydrogens (tertiary/aromatic N) is 2. The monoisotopic (exact) mass is 356 g/mol. The third-order valence-corrected chi connectivity index (χ3v) is 5.95. The fraction of sp³-hybridized carbons (Fsp3) is 0.500. The van der Waals surface area contributed by atoms with E-state index in [4.69, 9.17) is 9.47 Å². The highest BCUT2D eigenvalue weighted by atomic mass is 32.2. The van der Waals surface area contributed by atoms with Crippen molar-refractivity contribution in [1.82, 2.24) is 4.31 Å². The van der Waals surface area contributed by atoms with E-state index in [1.54, 1.807) is 13.8 Å². The molecule has 1 aromatic carbocycles. The van der Waals surface area contributed by atoms with E-state index in [0.717, 1.165) is 16.4 Å². The van der Waals surface area contributed by atoms with Gasteiger partial charge >= 0.3 is 0 Å². The topological polar surface area (TPSA) is 116 Å². The van der Waals surface area contributed by atoms with Crippen LogP contribution >= 0.6 is 0 Å². The zero-order valence-corrected chi connectivity index (χ0v) is 13.8. The molecule has 0 radical (unpaired) electrons. The van der Waals surface area contributed by atoms with E-state index >= 15 is 0 Å². The number of ether oxygens (including phenoxy) is 2. The normalized spacial score (nSPS) is 29.3. The second kappa shape index (κ2) is 5.59. The zero-order valence-electron chi connectivity index (χ0n) is 13.0. The minimum absolute atomic E-state index is 0.105. The maximum atomic E-state index is 12.9. The summed E-state index contributed by atoms with van der Waals surface area (Å²) in [5.74, 6) is -0.912. The quantitative estimate of drug-likeness (QED) is 0.442. The minimum atomic E-state index is -4.25. The van der Waals surface area contributed by atoms with Gasteiger partial charge in [0.25, 0.3) is 15.7 Å². The fourth-order valence-corrected chi connectivity index (χ4v) is 4.86. The molecule has 0 amide bonds. The van der Waals surface area contributed by atoms with E-state index in [2.05, 4.69) is 0 Å². The first-order valence-electron chi connectivity index (χ1n) is 7.23. The summed E-state index contributed by atoms with van der Waals surface area (Å²) in [6, 6.07) is 3.93. The summed E-state index contributed by atoms with van der Waals surface area (Å²) in [6.07, 6.45) is -0.871. The number of nitro groups is 1. The largest absolute Gasteiger partial charge is 0.343 e. The Hall–Kier alpha value is -1.88. The van der Waals surface area contributed by atoms with Gasteiger partial charge in [0.15, 0.2) is 10.7 Å². The number of aldehydes is 1. The summed E-state index contributed by atoms with van der Waals surface area (Å²) in [6.45, 7) is 3.24. The molecule has 24 heavy (non-hydrogen) atoms. The molecule has 10 heteroatoms. The van der Waals surface area contributed by atoms with Crippen LogP contribution in [0.25, 0.3) is 0 Å². The number of nitro benzene ring substituents is 1. The first kappa shape index (κ1) is 17.0. The van der Waals surface area contributed by atoms with Crippen LogP contribution in [0.1, 0.15) is 13.8 Å². The van der Waals surface area contributed by atoms with Gasteiger partial charge < -0.3 is 14.3 Å². The molecule has 2 heterocycles. The van der Waals surface area contributed by atoms with E-state index < -0.39 is 49.6 Å². The highest BCUT2D eigenvalue weighted by Crippen LogP contribution is 2.39. The maximum absolute atomic E-state index is 12.9. The third kappa shape index (κ3) is 2.61. The van der Waals surface area contributed by atoms with Crippen molar-refractivity contribution in [2.45, 2.75) is 42.8 Å². The number of fused-ring (bicyclic) bond motifs is 1. The summed E-state index contributed by atoms with van der Waals surface area (Å²) >= 11 is 0. The molecule has 2 saturated heterocycles. The third-order valence-electron chi connectivity index (χ3n) is 4.04. The van der Waals surface area contributed by atoms with E-state index in [0.29, 0.717) is 6.29 Å². The molecule has 130 valence electrons. The van der Waals surface area contributed by atoms with Crippen LogP contribution in [0.15, 0.2) is 29.2 Å². The van der Waals surface area contributed by atoms with E-state index in [1.165, 1.54) is 12.1 Å². The van der Waals surface area contributed by atoms with E-state index in [9.17, 15) is 23.3 Å². The summed E-state index contributed by atoms with van der Waals surface area (Å²) < 4.78 is 37.9. The Kier molecular flexibility index (Phi) is 3.95. The van der Waals surface area contributed by atoms with Crippen LogP contribution < -0.4 is 0 Å². The number of para-hydroxylation sites is 1. The van der Waals surface area contributed by atoms with Crippen molar-refractivity contribution >= 4 is 22.0 Å². The molecule has 1 aromatic rings. The van der Waals surface area contributed by atoms with E-state index in [-0.39, 0.29) is 6.54 Å². The molecule has 2 aliphatic heterocycles. The SMILES string of the molecule is CC1(C)O[C@@H]2[C@@H](CN(S(=O)(=O)c3ccccc3[N+](=O)[O-])[C@H]2C=O)O1. The molecule has 9 nitrogen and oxygen atoms in total. The van der Waals surface area contributed by atoms with Crippen LogP contribution in [-0.4, -0.2) is 54.5 Å². The lowest BCUT2D eigenvalue weighted by atomic mass is 10.2. The minimum Gasteiger partial charge on any atom is -0.343 e. The number of hydrogen-bond donors (Lipinski definition) is 0. The number of rotatable bonds is 4. The predicted molar refractivity (Wildman–Crippen MR) is 80.7 cm³/mol. The Labute approximate surface area is 138 Å². The van der Waals surface area contributed by atoms with Gasteiger partial charge in [0, 0.05) is 12.6 Å². The average Bonchev–Trinajstić information content (AvgIpc) is 2.98. The Bertz CT molecular complexity index is 792. The first-order valence-corrected chi connectivity index (χ1v) is 8.67. The number of hydrogen-bond acceptors (Lipinski definition) is 7. The number of sulfonamides is 1. The molecule has 3 atom stereocenters. The van der Waals surface area contributed by atoms with Crippen molar-refractivity contribution in [1.29, 1.82) is 0 Å². The van der Waals surface area contributed by atoms with Crippen LogP contribution in [0.2, 0.25) is 0 Å². The van der Waals surface area contributed by atoms with Crippen LogP contribution in [0, 0.1) is 10.1 Å². The van der Waals surface area contributed by atoms with Crippen molar-refractivity contribution < 1.29 is 27.6 Å². The first-order chi connectivity index (χ1) is 11.2. The highest BCUT2D eigenvalue weighted by Gasteiger charge is 2.56. The molecule has 0 aliphatic carbocycles. The molecular formula is C14H16N2O7S. The number of carbonyl (C=O) groups excluding carboxylic acids is 1. The Morgan fingerprint density at radius 1 is 1.33 bits per heavy atom. The second-order valence-electron chi connectivity index (χ2n) is 6.06. The maximum Gasteiger partial charge on any atom is 0.289 e. The highest BCUT2D eigenvalue weighted by molar-refractivity contribution is 7.89. The van der Waals surface area contributed by atoms with Gasteiger partial charge in [-0.3, -0.25) is 10.1 Å². The molecular weight excluding hydrogens is 340 g/mol. The number of carbonyl (C=O) groups is 1. The molecule has 3 rings (SSSR count). The standard InChI is InChI=1S/C14H16N2O7S/c1-14(2)22-11-7-15(10(8-17)13(11)23-14)24(20,21)12-6-4-3-5-9(12)16(18)19/h3-6,8,10-11,13H,7H2,1-2H3/t10-,11+,13-/m0/s1. The Morgan fingerprint density at radius 3 is 2.62 bits per heavy atom. The van der Waals surface area contributed by atoms with Crippen LogP contribution in [0.3, 0.4) is 0 Å². The predicted octanol–water partition coefficient (Wildman–Crippen LogP) is 0.687. The lowest BCUT2D eigenvalue weighted by molar-refractivity contribution is -0.387. The molecule has 2 fully saturated rings. The van der Waals surface area contributed by atoms with Gasteiger partial charge in [-0.15, -0.1) is 0 Å². The van der Waals surface area contributed by atoms with Gasteiger partial charge in [0.2, 0.25) is 0 Å². The van der Waals surface area contributed by atoms with Gasteiger partial charge in [0.05, 0.1) is 4.92 Å². The summed E-state index contributed by atoms with van der Waals surface area (Å²) in [7, 11) is -4.25. The zero-order chi connectivity index (χ0) is 17.7. The second-order valence-corrected chi connectivity index (χ2v) is 7.92. The molecule has 0 unspecified atom stereocenters.